The van der Waals surface area contributed by atoms with Crippen LogP contribution in [0.15, 0.2) is 30.6 Å². The van der Waals surface area contributed by atoms with Crippen LogP contribution >= 0.6 is 0 Å². The Hall–Kier alpha value is -1.81. The Kier molecular flexibility index (Phi) is 4.22. The lowest BCUT2D eigenvalue weighted by Gasteiger charge is -2.15. The highest BCUT2D eigenvalue weighted by atomic mass is 16.5. The first-order valence-electron chi connectivity index (χ1n) is 6.58. The molecule has 1 atom stereocenters. The summed E-state index contributed by atoms with van der Waals surface area (Å²) in [6.45, 7) is 5.10. The van der Waals surface area contributed by atoms with Gasteiger partial charge in [0.2, 0.25) is 0 Å². The third kappa shape index (κ3) is 2.79. The second-order valence-electron chi connectivity index (χ2n) is 4.69. The second kappa shape index (κ2) is 5.89. The van der Waals surface area contributed by atoms with Gasteiger partial charge in [0.1, 0.15) is 11.6 Å². The topological polar surface area (TPSA) is 53.1 Å². The van der Waals surface area contributed by atoms with Gasteiger partial charge in [0.05, 0.1) is 13.2 Å². The van der Waals surface area contributed by atoms with Crippen molar-refractivity contribution in [2.24, 2.45) is 5.73 Å². The van der Waals surface area contributed by atoms with E-state index in [1.54, 1.807) is 13.3 Å². The van der Waals surface area contributed by atoms with Crippen molar-refractivity contribution in [1.82, 2.24) is 9.55 Å². The standard InChI is InChI=1S/C15H21N3O/c1-4-8-18-9-7-17-15(18)14(16)12-6-5-11(2)13(10-12)19-3/h5-7,9-10,14H,4,8,16H2,1-3H3. The molecule has 0 fully saturated rings. The zero-order chi connectivity index (χ0) is 13.8. The Morgan fingerprint density at radius 1 is 1.42 bits per heavy atom. The molecule has 0 aliphatic rings. The Morgan fingerprint density at radius 3 is 2.89 bits per heavy atom. The van der Waals surface area contributed by atoms with Crippen molar-refractivity contribution in [2.45, 2.75) is 32.9 Å². The van der Waals surface area contributed by atoms with Crippen molar-refractivity contribution in [1.29, 1.82) is 0 Å². The van der Waals surface area contributed by atoms with Crippen LogP contribution < -0.4 is 10.5 Å². The third-order valence-electron chi connectivity index (χ3n) is 3.28. The number of nitrogens with zero attached hydrogens (tertiary/aromatic N) is 2. The van der Waals surface area contributed by atoms with Crippen LogP contribution in [0.1, 0.15) is 36.3 Å². The van der Waals surface area contributed by atoms with Crippen molar-refractivity contribution in [3.8, 4) is 5.75 Å². The summed E-state index contributed by atoms with van der Waals surface area (Å²) in [4.78, 5) is 4.39. The summed E-state index contributed by atoms with van der Waals surface area (Å²) in [5.74, 6) is 1.76. The van der Waals surface area contributed by atoms with E-state index >= 15 is 0 Å². The SMILES string of the molecule is CCCn1ccnc1C(N)c1ccc(C)c(OC)c1. The molecule has 0 saturated heterocycles. The minimum atomic E-state index is -0.226. The molecular weight excluding hydrogens is 238 g/mol. The maximum Gasteiger partial charge on any atom is 0.130 e. The third-order valence-corrected chi connectivity index (χ3v) is 3.28. The van der Waals surface area contributed by atoms with Gasteiger partial charge >= 0.3 is 0 Å². The minimum Gasteiger partial charge on any atom is -0.496 e. The Morgan fingerprint density at radius 2 is 2.21 bits per heavy atom. The van der Waals surface area contributed by atoms with E-state index in [4.69, 9.17) is 10.5 Å². The first-order chi connectivity index (χ1) is 9.17. The number of rotatable bonds is 5. The summed E-state index contributed by atoms with van der Waals surface area (Å²) < 4.78 is 7.46. The van der Waals surface area contributed by atoms with E-state index in [2.05, 4.69) is 16.5 Å². The van der Waals surface area contributed by atoms with Gasteiger partial charge in [-0.25, -0.2) is 4.98 Å². The lowest BCUT2D eigenvalue weighted by atomic mass is 10.0. The van der Waals surface area contributed by atoms with Crippen LogP contribution in [0.25, 0.3) is 0 Å². The number of nitrogens with two attached hydrogens (primary N) is 1. The van der Waals surface area contributed by atoms with Gasteiger partial charge < -0.3 is 15.0 Å². The normalized spacial score (nSPS) is 12.4. The number of benzene rings is 1. The number of hydrogen-bond donors (Lipinski definition) is 1. The van der Waals surface area contributed by atoms with E-state index in [0.717, 1.165) is 35.7 Å². The van der Waals surface area contributed by atoms with Gasteiger partial charge in [0.15, 0.2) is 0 Å². The molecule has 2 N–H and O–H groups in total. The van der Waals surface area contributed by atoms with Crippen LogP contribution in [-0.4, -0.2) is 16.7 Å². The van der Waals surface area contributed by atoms with Gasteiger partial charge in [-0.1, -0.05) is 19.1 Å². The summed E-state index contributed by atoms with van der Waals surface area (Å²) in [7, 11) is 1.68. The molecule has 1 aromatic carbocycles. The lowest BCUT2D eigenvalue weighted by molar-refractivity contribution is 0.411. The van der Waals surface area contributed by atoms with Gasteiger partial charge in [-0.2, -0.15) is 0 Å². The predicted octanol–water partition coefficient (Wildman–Crippen LogP) is 2.66. The van der Waals surface area contributed by atoms with Crippen molar-refractivity contribution in [2.75, 3.05) is 7.11 Å². The van der Waals surface area contributed by atoms with Crippen LogP contribution in [0.2, 0.25) is 0 Å². The number of ether oxygens (including phenoxy) is 1. The van der Waals surface area contributed by atoms with Crippen molar-refractivity contribution in [3.63, 3.8) is 0 Å². The van der Waals surface area contributed by atoms with E-state index in [0.29, 0.717) is 0 Å². The first-order valence-corrected chi connectivity index (χ1v) is 6.58. The second-order valence-corrected chi connectivity index (χ2v) is 4.69. The predicted molar refractivity (Wildman–Crippen MR) is 76.3 cm³/mol. The van der Waals surface area contributed by atoms with Crippen LogP contribution in [-0.2, 0) is 6.54 Å². The molecule has 4 nitrogen and oxygen atoms in total. The zero-order valence-electron chi connectivity index (χ0n) is 11.8. The number of imidazole rings is 1. The maximum absolute atomic E-state index is 6.33. The fourth-order valence-electron chi connectivity index (χ4n) is 2.21. The van der Waals surface area contributed by atoms with Crippen molar-refractivity contribution < 1.29 is 4.74 Å². The summed E-state index contributed by atoms with van der Waals surface area (Å²) in [6.07, 6.45) is 4.84. The van der Waals surface area contributed by atoms with E-state index in [1.165, 1.54) is 0 Å². The quantitative estimate of drug-likeness (QED) is 0.898. The number of aryl methyl sites for hydroxylation is 2. The average Bonchev–Trinajstić information content (AvgIpc) is 2.87. The smallest absolute Gasteiger partial charge is 0.130 e. The van der Waals surface area contributed by atoms with Gasteiger partial charge in [0, 0.05) is 18.9 Å². The highest BCUT2D eigenvalue weighted by molar-refractivity contribution is 5.39. The fraction of sp³-hybridized carbons (Fsp3) is 0.400. The van der Waals surface area contributed by atoms with Gasteiger partial charge in [-0.05, 0) is 30.5 Å². The lowest BCUT2D eigenvalue weighted by Crippen LogP contribution is -2.18. The molecule has 102 valence electrons. The van der Waals surface area contributed by atoms with Gasteiger partial charge in [-0.15, -0.1) is 0 Å². The number of hydrogen-bond acceptors (Lipinski definition) is 3. The van der Waals surface area contributed by atoms with Crippen LogP contribution in [0.4, 0.5) is 0 Å². The molecule has 0 radical (unpaired) electrons. The zero-order valence-corrected chi connectivity index (χ0v) is 11.8. The molecule has 2 rings (SSSR count). The van der Waals surface area contributed by atoms with E-state index in [9.17, 15) is 0 Å². The van der Waals surface area contributed by atoms with Crippen LogP contribution in [0.3, 0.4) is 0 Å². The monoisotopic (exact) mass is 259 g/mol. The number of aromatic nitrogens is 2. The summed E-state index contributed by atoms with van der Waals surface area (Å²) >= 11 is 0. The Labute approximate surface area is 114 Å². The van der Waals surface area contributed by atoms with Crippen LogP contribution in [0.5, 0.6) is 5.75 Å². The molecule has 2 aromatic rings. The summed E-state index contributed by atoms with van der Waals surface area (Å²) in [6, 6.07) is 5.83. The van der Waals surface area contributed by atoms with E-state index in [1.807, 2.05) is 31.3 Å². The molecule has 0 amide bonds. The maximum atomic E-state index is 6.33. The fourth-order valence-corrected chi connectivity index (χ4v) is 2.21. The highest BCUT2D eigenvalue weighted by Crippen LogP contribution is 2.25. The first kappa shape index (κ1) is 13.6. The van der Waals surface area contributed by atoms with E-state index < -0.39 is 0 Å². The van der Waals surface area contributed by atoms with Gasteiger partial charge in [-0.3, -0.25) is 0 Å². The molecule has 0 aliphatic carbocycles. The molecule has 0 saturated carbocycles. The Bertz CT molecular complexity index is 548. The molecule has 19 heavy (non-hydrogen) atoms. The molecule has 1 heterocycles. The van der Waals surface area contributed by atoms with Gasteiger partial charge in [0.25, 0.3) is 0 Å². The number of methoxy groups -OCH3 is 1. The van der Waals surface area contributed by atoms with Crippen molar-refractivity contribution >= 4 is 0 Å². The Balaban J connectivity index is 2.32. The molecule has 0 aliphatic heterocycles. The minimum absolute atomic E-state index is 0.226. The summed E-state index contributed by atoms with van der Waals surface area (Å²) in [5, 5.41) is 0. The molecule has 1 aromatic heterocycles. The molecule has 0 bridgehead atoms. The highest BCUT2D eigenvalue weighted by Gasteiger charge is 2.15. The molecular formula is C15H21N3O. The average molecular weight is 259 g/mol. The van der Waals surface area contributed by atoms with Crippen LogP contribution in [0, 0.1) is 6.92 Å². The molecule has 0 spiro atoms. The largest absolute Gasteiger partial charge is 0.496 e. The summed E-state index contributed by atoms with van der Waals surface area (Å²) in [5.41, 5.74) is 8.45. The molecule has 1 unspecified atom stereocenters. The van der Waals surface area contributed by atoms with Crippen molar-refractivity contribution in [3.05, 3.63) is 47.5 Å². The van der Waals surface area contributed by atoms with E-state index in [-0.39, 0.29) is 6.04 Å². The molecule has 4 heteroatoms.